The highest BCUT2D eigenvalue weighted by Crippen LogP contribution is 2.20. The summed E-state index contributed by atoms with van der Waals surface area (Å²) in [5, 5.41) is 3.43. The van der Waals surface area contributed by atoms with Crippen LogP contribution in [0.4, 0.5) is 0 Å². The number of rotatable bonds is 6. The van der Waals surface area contributed by atoms with Crippen molar-refractivity contribution in [2.75, 3.05) is 19.9 Å². The van der Waals surface area contributed by atoms with E-state index in [9.17, 15) is 0 Å². The first kappa shape index (κ1) is 14.3. The highest BCUT2D eigenvalue weighted by Gasteiger charge is 2.14. The van der Waals surface area contributed by atoms with Gasteiger partial charge in [-0.15, -0.1) is 0 Å². The van der Waals surface area contributed by atoms with Crippen LogP contribution in [0.15, 0.2) is 12.1 Å². The van der Waals surface area contributed by atoms with Crippen LogP contribution in [0, 0.1) is 6.92 Å². The van der Waals surface area contributed by atoms with Crippen molar-refractivity contribution in [1.29, 1.82) is 0 Å². The third-order valence-electron chi connectivity index (χ3n) is 2.63. The molecule has 96 valence electrons. The minimum Gasteiger partial charge on any atom is -0.497 e. The van der Waals surface area contributed by atoms with Crippen LogP contribution in [0.2, 0.25) is 0 Å². The molecule has 0 aliphatic rings. The molecule has 1 heterocycles. The zero-order chi connectivity index (χ0) is 12.9. The fourth-order valence-electron chi connectivity index (χ4n) is 1.48. The van der Waals surface area contributed by atoms with E-state index in [1.165, 1.54) is 0 Å². The van der Waals surface area contributed by atoms with E-state index in [4.69, 9.17) is 4.74 Å². The quantitative estimate of drug-likeness (QED) is 0.846. The lowest BCUT2D eigenvalue weighted by molar-refractivity contribution is 0.412. The molecule has 1 aromatic heterocycles. The van der Waals surface area contributed by atoms with E-state index in [0.717, 1.165) is 30.2 Å². The number of pyridine rings is 1. The average Bonchev–Trinajstić information content (AvgIpc) is 2.28. The summed E-state index contributed by atoms with van der Waals surface area (Å²) < 4.78 is 5.49. The average molecular weight is 254 g/mol. The largest absolute Gasteiger partial charge is 0.497 e. The third-order valence-corrected chi connectivity index (χ3v) is 3.87. The Hall–Kier alpha value is -0.740. The number of aryl methyl sites for hydroxylation is 1. The normalized spacial score (nSPS) is 11.6. The van der Waals surface area contributed by atoms with Crippen LogP contribution < -0.4 is 10.1 Å². The lowest BCUT2D eigenvalue weighted by Gasteiger charge is -2.22. The van der Waals surface area contributed by atoms with E-state index < -0.39 is 0 Å². The zero-order valence-corrected chi connectivity index (χ0v) is 12.1. The molecule has 0 amide bonds. The van der Waals surface area contributed by atoms with Gasteiger partial charge in [-0.3, -0.25) is 4.98 Å². The van der Waals surface area contributed by atoms with Crippen molar-refractivity contribution in [3.05, 3.63) is 23.5 Å². The Morgan fingerprint density at radius 2 is 2.12 bits per heavy atom. The fourth-order valence-corrected chi connectivity index (χ4v) is 1.72. The molecule has 0 fully saturated rings. The van der Waals surface area contributed by atoms with Gasteiger partial charge in [-0.1, -0.05) is 0 Å². The maximum absolute atomic E-state index is 5.23. The summed E-state index contributed by atoms with van der Waals surface area (Å²) in [5.41, 5.74) is 2.02. The van der Waals surface area contributed by atoms with Crippen molar-refractivity contribution < 1.29 is 4.74 Å². The zero-order valence-electron chi connectivity index (χ0n) is 11.3. The van der Waals surface area contributed by atoms with Gasteiger partial charge in [-0.05, 0) is 27.0 Å². The Bertz CT molecular complexity index is 366. The summed E-state index contributed by atoms with van der Waals surface area (Å²) in [5.74, 6) is 0.874. The minimum absolute atomic E-state index is 0.258. The van der Waals surface area contributed by atoms with Gasteiger partial charge in [0, 0.05) is 35.7 Å². The standard InChI is InChI=1S/C13H22N2OS/c1-10-6-12(16-4)7-11(15-10)8-14-9-13(2,3)17-5/h6-7,14H,8-9H2,1-5H3. The highest BCUT2D eigenvalue weighted by atomic mass is 32.2. The monoisotopic (exact) mass is 254 g/mol. The number of hydrogen-bond acceptors (Lipinski definition) is 4. The summed E-state index contributed by atoms with van der Waals surface area (Å²) >= 11 is 1.87. The Kier molecular flexibility index (Phi) is 5.28. The number of nitrogens with zero attached hydrogens (tertiary/aromatic N) is 1. The van der Waals surface area contributed by atoms with Crippen molar-refractivity contribution in [2.24, 2.45) is 0 Å². The maximum Gasteiger partial charge on any atom is 0.122 e. The molecule has 0 aliphatic carbocycles. The summed E-state index contributed by atoms with van der Waals surface area (Å²) in [6.07, 6.45) is 2.13. The molecular formula is C13H22N2OS. The van der Waals surface area contributed by atoms with Crippen molar-refractivity contribution >= 4 is 11.8 Å². The van der Waals surface area contributed by atoms with E-state index in [0.29, 0.717) is 0 Å². The topological polar surface area (TPSA) is 34.1 Å². The van der Waals surface area contributed by atoms with Gasteiger partial charge in [0.1, 0.15) is 5.75 Å². The summed E-state index contributed by atoms with van der Waals surface area (Å²) in [6.45, 7) is 8.19. The first-order valence-corrected chi connectivity index (χ1v) is 6.97. The van der Waals surface area contributed by atoms with Gasteiger partial charge in [0.15, 0.2) is 0 Å². The predicted octanol–water partition coefficient (Wildman–Crippen LogP) is 2.63. The first-order valence-electron chi connectivity index (χ1n) is 5.74. The van der Waals surface area contributed by atoms with E-state index in [1.807, 2.05) is 30.8 Å². The maximum atomic E-state index is 5.23. The van der Waals surface area contributed by atoms with Crippen molar-refractivity contribution in [3.63, 3.8) is 0 Å². The second-order valence-electron chi connectivity index (χ2n) is 4.71. The van der Waals surface area contributed by atoms with Crippen molar-refractivity contribution in [2.45, 2.75) is 32.1 Å². The number of aromatic nitrogens is 1. The Morgan fingerprint density at radius 1 is 1.41 bits per heavy atom. The lowest BCUT2D eigenvalue weighted by Crippen LogP contribution is -2.31. The van der Waals surface area contributed by atoms with E-state index >= 15 is 0 Å². The second-order valence-corrected chi connectivity index (χ2v) is 6.22. The molecule has 0 atom stereocenters. The molecule has 0 saturated carbocycles. The molecule has 3 nitrogen and oxygen atoms in total. The fraction of sp³-hybridized carbons (Fsp3) is 0.615. The number of thioether (sulfide) groups is 1. The Morgan fingerprint density at radius 3 is 2.71 bits per heavy atom. The van der Waals surface area contributed by atoms with Gasteiger partial charge in [0.05, 0.1) is 12.8 Å². The Balaban J connectivity index is 2.55. The van der Waals surface area contributed by atoms with Crippen molar-refractivity contribution in [3.8, 4) is 5.75 Å². The summed E-state index contributed by atoms with van der Waals surface area (Å²) in [7, 11) is 1.68. The van der Waals surface area contributed by atoms with Crippen LogP contribution in [0.3, 0.4) is 0 Å². The van der Waals surface area contributed by atoms with E-state index in [-0.39, 0.29) is 4.75 Å². The minimum atomic E-state index is 0.258. The first-order chi connectivity index (χ1) is 7.96. The molecule has 4 heteroatoms. The smallest absolute Gasteiger partial charge is 0.122 e. The van der Waals surface area contributed by atoms with Gasteiger partial charge in [0.2, 0.25) is 0 Å². The van der Waals surface area contributed by atoms with Gasteiger partial charge in [-0.2, -0.15) is 11.8 Å². The van der Waals surface area contributed by atoms with E-state index in [2.05, 4.69) is 30.4 Å². The molecule has 0 bridgehead atoms. The van der Waals surface area contributed by atoms with Gasteiger partial charge >= 0.3 is 0 Å². The molecule has 0 saturated heterocycles. The predicted molar refractivity (Wildman–Crippen MR) is 74.8 cm³/mol. The van der Waals surface area contributed by atoms with Crippen LogP contribution in [0.1, 0.15) is 25.2 Å². The molecule has 0 radical (unpaired) electrons. The molecule has 1 N–H and O–H groups in total. The number of ether oxygens (including phenoxy) is 1. The molecular weight excluding hydrogens is 232 g/mol. The number of hydrogen-bond donors (Lipinski definition) is 1. The van der Waals surface area contributed by atoms with Gasteiger partial charge < -0.3 is 10.1 Å². The number of nitrogens with one attached hydrogen (secondary N) is 1. The Labute approximate surface area is 108 Å². The molecule has 0 unspecified atom stereocenters. The van der Waals surface area contributed by atoms with E-state index in [1.54, 1.807) is 7.11 Å². The lowest BCUT2D eigenvalue weighted by atomic mass is 10.2. The summed E-state index contributed by atoms with van der Waals surface area (Å²) in [6, 6.07) is 3.92. The van der Waals surface area contributed by atoms with Crippen LogP contribution >= 0.6 is 11.8 Å². The SMILES string of the molecule is COc1cc(C)nc(CNCC(C)(C)SC)c1. The molecule has 1 aromatic rings. The van der Waals surface area contributed by atoms with Gasteiger partial charge in [-0.25, -0.2) is 0 Å². The number of methoxy groups -OCH3 is 1. The van der Waals surface area contributed by atoms with Crippen molar-refractivity contribution in [1.82, 2.24) is 10.3 Å². The molecule has 1 rings (SSSR count). The molecule has 17 heavy (non-hydrogen) atoms. The van der Waals surface area contributed by atoms with Crippen LogP contribution in [-0.4, -0.2) is 29.6 Å². The second kappa shape index (κ2) is 6.26. The van der Waals surface area contributed by atoms with Crippen LogP contribution in [0.25, 0.3) is 0 Å². The third kappa shape index (κ3) is 4.96. The molecule has 0 spiro atoms. The summed E-state index contributed by atoms with van der Waals surface area (Å²) in [4.78, 5) is 4.48. The highest BCUT2D eigenvalue weighted by molar-refractivity contribution is 7.99. The van der Waals surface area contributed by atoms with Gasteiger partial charge in [0.25, 0.3) is 0 Å². The molecule has 0 aromatic carbocycles. The van der Waals surface area contributed by atoms with Crippen LogP contribution in [-0.2, 0) is 6.54 Å². The molecule has 0 aliphatic heterocycles. The van der Waals surface area contributed by atoms with Crippen LogP contribution in [0.5, 0.6) is 5.75 Å².